The third kappa shape index (κ3) is 2.70. The van der Waals surface area contributed by atoms with Gasteiger partial charge in [0, 0.05) is 12.5 Å². The highest BCUT2D eigenvalue weighted by molar-refractivity contribution is 5.40. The zero-order chi connectivity index (χ0) is 13.8. The maximum absolute atomic E-state index is 5.37. The lowest BCUT2D eigenvalue weighted by atomic mass is 9.77. The quantitative estimate of drug-likeness (QED) is 0.812. The molecule has 0 saturated heterocycles. The van der Waals surface area contributed by atoms with Crippen LogP contribution < -0.4 is 10.1 Å². The van der Waals surface area contributed by atoms with Gasteiger partial charge in [0.25, 0.3) is 0 Å². The molecule has 1 aliphatic rings. The van der Waals surface area contributed by atoms with Crippen LogP contribution in [-0.2, 0) is 12.8 Å². The van der Waals surface area contributed by atoms with Crippen LogP contribution in [0.2, 0.25) is 0 Å². The monoisotopic (exact) mass is 267 g/mol. The van der Waals surface area contributed by atoms with E-state index in [4.69, 9.17) is 4.74 Å². The average Bonchev–Trinajstić information content (AvgIpc) is 2.48. The minimum Gasteiger partial charge on any atom is -0.496 e. The van der Waals surface area contributed by atoms with Crippen LogP contribution in [0.1, 0.15) is 22.6 Å². The molecule has 0 aliphatic heterocycles. The summed E-state index contributed by atoms with van der Waals surface area (Å²) in [6.07, 6.45) is 2.23. The SMILES string of the molecule is COc1ccccc1CCNCC1Cc2ccccc21. The highest BCUT2D eigenvalue weighted by Crippen LogP contribution is 2.33. The van der Waals surface area contributed by atoms with Crippen molar-refractivity contribution in [3.63, 3.8) is 0 Å². The van der Waals surface area contributed by atoms with E-state index >= 15 is 0 Å². The number of methoxy groups -OCH3 is 1. The molecule has 2 aromatic carbocycles. The summed E-state index contributed by atoms with van der Waals surface area (Å²) >= 11 is 0. The van der Waals surface area contributed by atoms with Gasteiger partial charge in [-0.05, 0) is 42.1 Å². The lowest BCUT2D eigenvalue weighted by Gasteiger charge is -2.30. The van der Waals surface area contributed by atoms with Gasteiger partial charge in [-0.3, -0.25) is 0 Å². The van der Waals surface area contributed by atoms with E-state index in [1.807, 2.05) is 12.1 Å². The summed E-state index contributed by atoms with van der Waals surface area (Å²) in [5.74, 6) is 1.69. The van der Waals surface area contributed by atoms with Gasteiger partial charge in [-0.2, -0.15) is 0 Å². The van der Waals surface area contributed by atoms with Gasteiger partial charge in [0.1, 0.15) is 5.75 Å². The van der Waals surface area contributed by atoms with E-state index in [0.29, 0.717) is 5.92 Å². The molecule has 0 fully saturated rings. The van der Waals surface area contributed by atoms with Gasteiger partial charge in [0.05, 0.1) is 7.11 Å². The highest BCUT2D eigenvalue weighted by atomic mass is 16.5. The Bertz CT molecular complexity index is 579. The summed E-state index contributed by atoms with van der Waals surface area (Å²) in [6.45, 7) is 2.07. The van der Waals surface area contributed by atoms with E-state index in [1.165, 1.54) is 23.1 Å². The highest BCUT2D eigenvalue weighted by Gasteiger charge is 2.24. The number of benzene rings is 2. The van der Waals surface area contributed by atoms with E-state index < -0.39 is 0 Å². The second-order valence-electron chi connectivity index (χ2n) is 5.37. The molecule has 0 radical (unpaired) electrons. The maximum Gasteiger partial charge on any atom is 0.122 e. The topological polar surface area (TPSA) is 21.3 Å². The lowest BCUT2D eigenvalue weighted by molar-refractivity contribution is 0.409. The van der Waals surface area contributed by atoms with E-state index in [-0.39, 0.29) is 0 Å². The summed E-state index contributed by atoms with van der Waals surface area (Å²) in [4.78, 5) is 0. The Kier molecular flexibility index (Phi) is 4.03. The molecule has 0 heterocycles. The average molecular weight is 267 g/mol. The van der Waals surface area contributed by atoms with Gasteiger partial charge in [0.15, 0.2) is 0 Å². The first-order valence-electron chi connectivity index (χ1n) is 7.29. The number of fused-ring (bicyclic) bond motifs is 1. The van der Waals surface area contributed by atoms with Gasteiger partial charge in [-0.25, -0.2) is 0 Å². The molecule has 1 atom stereocenters. The fourth-order valence-electron chi connectivity index (χ4n) is 2.95. The summed E-state index contributed by atoms with van der Waals surface area (Å²) in [6, 6.07) is 17.0. The summed E-state index contributed by atoms with van der Waals surface area (Å²) in [5.41, 5.74) is 4.32. The van der Waals surface area contributed by atoms with Crippen LogP contribution in [0.3, 0.4) is 0 Å². The molecule has 1 N–H and O–H groups in total. The van der Waals surface area contributed by atoms with Crippen LogP contribution in [0.4, 0.5) is 0 Å². The lowest BCUT2D eigenvalue weighted by Crippen LogP contribution is -2.30. The van der Waals surface area contributed by atoms with Gasteiger partial charge in [0.2, 0.25) is 0 Å². The van der Waals surface area contributed by atoms with Crippen molar-refractivity contribution >= 4 is 0 Å². The van der Waals surface area contributed by atoms with Crippen molar-refractivity contribution in [3.05, 3.63) is 65.2 Å². The van der Waals surface area contributed by atoms with Gasteiger partial charge < -0.3 is 10.1 Å². The second kappa shape index (κ2) is 6.10. The minimum atomic E-state index is 0.698. The van der Waals surface area contributed by atoms with Crippen LogP contribution >= 0.6 is 0 Å². The van der Waals surface area contributed by atoms with Crippen LogP contribution in [0.5, 0.6) is 5.75 Å². The second-order valence-corrected chi connectivity index (χ2v) is 5.37. The standard InChI is InChI=1S/C18H21NO/c1-20-18-9-5-3-6-14(18)10-11-19-13-16-12-15-7-2-4-8-17(15)16/h2-9,16,19H,10-13H2,1H3. The Balaban J connectivity index is 1.46. The number of rotatable bonds is 6. The fraction of sp³-hybridized carbons (Fsp3) is 0.333. The first-order valence-corrected chi connectivity index (χ1v) is 7.29. The van der Waals surface area contributed by atoms with E-state index in [2.05, 4.69) is 41.7 Å². The Morgan fingerprint density at radius 1 is 1.10 bits per heavy atom. The summed E-state index contributed by atoms with van der Waals surface area (Å²) in [5, 5.41) is 3.57. The van der Waals surface area contributed by atoms with Gasteiger partial charge in [-0.15, -0.1) is 0 Å². The Morgan fingerprint density at radius 3 is 2.75 bits per heavy atom. The molecule has 3 rings (SSSR count). The van der Waals surface area contributed by atoms with Crippen LogP contribution in [0.25, 0.3) is 0 Å². The van der Waals surface area contributed by atoms with Crippen LogP contribution in [0.15, 0.2) is 48.5 Å². The van der Waals surface area contributed by atoms with Crippen molar-refractivity contribution in [2.45, 2.75) is 18.8 Å². The van der Waals surface area contributed by atoms with Gasteiger partial charge >= 0.3 is 0 Å². The van der Waals surface area contributed by atoms with Crippen molar-refractivity contribution in [1.82, 2.24) is 5.32 Å². The number of hydrogen-bond acceptors (Lipinski definition) is 2. The Morgan fingerprint density at radius 2 is 1.90 bits per heavy atom. The fourth-order valence-corrected chi connectivity index (χ4v) is 2.95. The summed E-state index contributed by atoms with van der Waals surface area (Å²) in [7, 11) is 1.73. The zero-order valence-electron chi connectivity index (χ0n) is 11.9. The van der Waals surface area contributed by atoms with Crippen molar-refractivity contribution in [2.24, 2.45) is 0 Å². The molecular weight excluding hydrogens is 246 g/mol. The van der Waals surface area contributed by atoms with E-state index in [9.17, 15) is 0 Å². The third-order valence-electron chi connectivity index (χ3n) is 4.12. The molecule has 0 amide bonds. The van der Waals surface area contributed by atoms with Gasteiger partial charge in [-0.1, -0.05) is 42.5 Å². The smallest absolute Gasteiger partial charge is 0.122 e. The number of hydrogen-bond donors (Lipinski definition) is 1. The van der Waals surface area contributed by atoms with Crippen molar-refractivity contribution in [3.8, 4) is 5.75 Å². The van der Waals surface area contributed by atoms with Crippen molar-refractivity contribution in [1.29, 1.82) is 0 Å². The minimum absolute atomic E-state index is 0.698. The number of nitrogens with one attached hydrogen (secondary N) is 1. The number of para-hydroxylation sites is 1. The number of ether oxygens (including phenoxy) is 1. The molecule has 104 valence electrons. The first-order chi connectivity index (χ1) is 9.88. The Labute approximate surface area is 120 Å². The first kappa shape index (κ1) is 13.2. The van der Waals surface area contributed by atoms with E-state index in [1.54, 1.807) is 7.11 Å². The molecule has 2 aromatic rings. The molecule has 20 heavy (non-hydrogen) atoms. The molecule has 1 unspecified atom stereocenters. The molecule has 0 aromatic heterocycles. The van der Waals surface area contributed by atoms with Crippen molar-refractivity contribution in [2.75, 3.05) is 20.2 Å². The van der Waals surface area contributed by atoms with Crippen LogP contribution in [-0.4, -0.2) is 20.2 Å². The predicted molar refractivity (Wildman–Crippen MR) is 82.5 cm³/mol. The normalized spacial score (nSPS) is 16.4. The molecule has 0 bridgehead atoms. The molecular formula is C18H21NO. The predicted octanol–water partition coefficient (Wildman–Crippen LogP) is 3.17. The van der Waals surface area contributed by atoms with Crippen LogP contribution in [0, 0.1) is 0 Å². The maximum atomic E-state index is 5.37. The molecule has 2 nitrogen and oxygen atoms in total. The molecule has 2 heteroatoms. The largest absolute Gasteiger partial charge is 0.496 e. The van der Waals surface area contributed by atoms with E-state index in [0.717, 1.165) is 25.3 Å². The summed E-state index contributed by atoms with van der Waals surface area (Å²) < 4.78 is 5.37. The molecule has 1 aliphatic carbocycles. The molecule has 0 spiro atoms. The zero-order valence-corrected chi connectivity index (χ0v) is 11.9. The van der Waals surface area contributed by atoms with Crippen molar-refractivity contribution < 1.29 is 4.74 Å². The molecule has 0 saturated carbocycles. The third-order valence-corrected chi connectivity index (χ3v) is 4.12. The Hall–Kier alpha value is -1.80.